The summed E-state index contributed by atoms with van der Waals surface area (Å²) >= 11 is 1.52. The number of carbonyl (C=O) groups is 1. The Hall–Kier alpha value is -1.89. The Kier molecular flexibility index (Phi) is 5.85. The summed E-state index contributed by atoms with van der Waals surface area (Å²) in [6.45, 7) is 2.78. The van der Waals surface area contributed by atoms with Crippen LogP contribution in [0.4, 0.5) is 0 Å². The molecule has 0 aromatic carbocycles. The fraction of sp³-hybridized carbons (Fsp3) is 0.389. The van der Waals surface area contributed by atoms with Crippen molar-refractivity contribution in [3.8, 4) is 0 Å². The van der Waals surface area contributed by atoms with E-state index in [1.54, 1.807) is 18.4 Å². The molecule has 0 unspecified atom stereocenters. The predicted octanol–water partition coefficient (Wildman–Crippen LogP) is 2.63. The van der Waals surface area contributed by atoms with Crippen LogP contribution >= 0.6 is 11.3 Å². The number of aliphatic hydroxyl groups excluding tert-OH is 1. The van der Waals surface area contributed by atoms with Crippen LogP contribution in [0.1, 0.15) is 29.0 Å². The number of hydrogen-bond donors (Lipinski definition) is 2. The predicted molar refractivity (Wildman–Crippen MR) is 94.4 cm³/mol. The molecule has 1 amide bonds. The molecule has 2 aromatic rings. The molecule has 1 fully saturated rings. The molecule has 5 nitrogen and oxygen atoms in total. The summed E-state index contributed by atoms with van der Waals surface area (Å²) in [7, 11) is 0. The molecule has 3 heterocycles. The van der Waals surface area contributed by atoms with Gasteiger partial charge in [0.05, 0.1) is 19.4 Å². The average Bonchev–Trinajstić information content (AvgIpc) is 3.26. The summed E-state index contributed by atoms with van der Waals surface area (Å²) in [4.78, 5) is 15.3. The maximum atomic E-state index is 12.0. The van der Waals surface area contributed by atoms with Crippen LogP contribution in [0.2, 0.25) is 0 Å². The highest BCUT2D eigenvalue weighted by atomic mass is 32.1. The minimum atomic E-state index is -0.0570. The number of furan rings is 1. The van der Waals surface area contributed by atoms with Gasteiger partial charge in [0.1, 0.15) is 5.76 Å². The van der Waals surface area contributed by atoms with Crippen molar-refractivity contribution in [3.05, 3.63) is 52.1 Å². The van der Waals surface area contributed by atoms with Crippen LogP contribution in [0.3, 0.4) is 0 Å². The SMILES string of the molecule is O=C(C=Cc1cc(CO)cs1)NC1CCN(Cc2ccco2)CC1. The van der Waals surface area contributed by atoms with Crippen molar-refractivity contribution in [2.75, 3.05) is 13.1 Å². The molecule has 6 heteroatoms. The molecule has 1 aliphatic heterocycles. The molecule has 0 saturated carbocycles. The van der Waals surface area contributed by atoms with Gasteiger partial charge in [-0.3, -0.25) is 9.69 Å². The molecule has 0 atom stereocenters. The van der Waals surface area contributed by atoms with E-state index in [0.717, 1.165) is 48.7 Å². The summed E-state index contributed by atoms with van der Waals surface area (Å²) < 4.78 is 5.38. The number of amides is 1. The molecule has 0 radical (unpaired) electrons. The van der Waals surface area contributed by atoms with Crippen molar-refractivity contribution in [1.82, 2.24) is 10.2 Å². The smallest absolute Gasteiger partial charge is 0.244 e. The van der Waals surface area contributed by atoms with Gasteiger partial charge in [-0.1, -0.05) is 0 Å². The summed E-state index contributed by atoms with van der Waals surface area (Å²) in [6, 6.07) is 6.02. The van der Waals surface area contributed by atoms with Crippen LogP contribution < -0.4 is 5.32 Å². The van der Waals surface area contributed by atoms with E-state index in [1.807, 2.05) is 23.6 Å². The Morgan fingerprint density at radius 3 is 2.96 bits per heavy atom. The number of piperidine rings is 1. The van der Waals surface area contributed by atoms with E-state index in [4.69, 9.17) is 9.52 Å². The Bertz CT molecular complexity index is 670. The van der Waals surface area contributed by atoms with Gasteiger partial charge in [-0.05, 0) is 48.1 Å². The second kappa shape index (κ2) is 8.28. The molecule has 1 saturated heterocycles. The lowest BCUT2D eigenvalue weighted by Gasteiger charge is -2.31. The van der Waals surface area contributed by atoms with Crippen molar-refractivity contribution < 1.29 is 14.3 Å². The molecular formula is C18H22N2O3S. The topological polar surface area (TPSA) is 65.7 Å². The Balaban J connectivity index is 1.41. The normalized spacial score (nSPS) is 16.7. The number of hydrogen-bond acceptors (Lipinski definition) is 5. The van der Waals surface area contributed by atoms with E-state index in [9.17, 15) is 4.79 Å². The lowest BCUT2D eigenvalue weighted by Crippen LogP contribution is -2.43. The number of likely N-dealkylation sites (tertiary alicyclic amines) is 1. The number of rotatable bonds is 6. The first-order valence-electron chi connectivity index (χ1n) is 8.14. The van der Waals surface area contributed by atoms with Gasteiger partial charge in [0, 0.05) is 30.1 Å². The molecular weight excluding hydrogens is 324 g/mol. The highest BCUT2D eigenvalue weighted by molar-refractivity contribution is 7.11. The third kappa shape index (κ3) is 4.80. The van der Waals surface area contributed by atoms with Crippen molar-refractivity contribution in [2.45, 2.75) is 32.0 Å². The molecule has 0 aliphatic carbocycles. The van der Waals surface area contributed by atoms with Crippen LogP contribution in [0.5, 0.6) is 0 Å². The molecule has 2 aromatic heterocycles. The van der Waals surface area contributed by atoms with E-state index < -0.39 is 0 Å². The number of thiophene rings is 1. The quantitative estimate of drug-likeness (QED) is 0.789. The molecule has 3 rings (SSSR count). The zero-order valence-corrected chi connectivity index (χ0v) is 14.3. The van der Waals surface area contributed by atoms with Crippen molar-refractivity contribution in [1.29, 1.82) is 0 Å². The molecule has 128 valence electrons. The Labute approximate surface area is 145 Å². The summed E-state index contributed by atoms with van der Waals surface area (Å²) in [5.74, 6) is 0.928. The van der Waals surface area contributed by atoms with Gasteiger partial charge in [0.25, 0.3) is 0 Å². The molecule has 1 aliphatic rings. The maximum absolute atomic E-state index is 12.0. The van der Waals surface area contributed by atoms with Gasteiger partial charge in [-0.25, -0.2) is 0 Å². The van der Waals surface area contributed by atoms with E-state index in [0.29, 0.717) is 0 Å². The Morgan fingerprint density at radius 2 is 2.29 bits per heavy atom. The lowest BCUT2D eigenvalue weighted by atomic mass is 10.0. The van der Waals surface area contributed by atoms with Gasteiger partial charge in [0.2, 0.25) is 5.91 Å². The van der Waals surface area contributed by atoms with Crippen LogP contribution in [0.25, 0.3) is 6.08 Å². The minimum absolute atomic E-state index is 0.0348. The third-order valence-corrected chi connectivity index (χ3v) is 5.10. The van der Waals surface area contributed by atoms with Gasteiger partial charge in [-0.15, -0.1) is 11.3 Å². The summed E-state index contributed by atoms with van der Waals surface area (Å²) in [6.07, 6.45) is 6.97. The van der Waals surface area contributed by atoms with Crippen LogP contribution in [0, 0.1) is 0 Å². The molecule has 24 heavy (non-hydrogen) atoms. The Morgan fingerprint density at radius 1 is 1.46 bits per heavy atom. The van der Waals surface area contributed by atoms with Crippen molar-refractivity contribution in [3.63, 3.8) is 0 Å². The summed E-state index contributed by atoms with van der Waals surface area (Å²) in [5, 5.41) is 14.0. The second-order valence-electron chi connectivity index (χ2n) is 5.99. The number of nitrogens with one attached hydrogen (secondary N) is 1. The standard InChI is InChI=1S/C18H22N2O3S/c21-12-14-10-17(24-13-14)3-4-18(22)19-15-5-7-20(8-6-15)11-16-2-1-9-23-16/h1-4,9-10,13,15,21H,5-8,11-12H2,(H,19,22). The molecule has 0 bridgehead atoms. The molecule has 0 spiro atoms. The first-order chi connectivity index (χ1) is 11.7. The van der Waals surface area contributed by atoms with Crippen LogP contribution in [-0.2, 0) is 17.9 Å². The van der Waals surface area contributed by atoms with Gasteiger partial charge in [-0.2, -0.15) is 0 Å². The van der Waals surface area contributed by atoms with E-state index in [2.05, 4.69) is 10.2 Å². The highest BCUT2D eigenvalue weighted by Crippen LogP contribution is 2.17. The van der Waals surface area contributed by atoms with Gasteiger partial charge < -0.3 is 14.8 Å². The monoisotopic (exact) mass is 346 g/mol. The average molecular weight is 346 g/mol. The first kappa shape index (κ1) is 17.0. The third-order valence-electron chi connectivity index (χ3n) is 4.15. The largest absolute Gasteiger partial charge is 0.468 e. The highest BCUT2D eigenvalue weighted by Gasteiger charge is 2.20. The zero-order chi connectivity index (χ0) is 16.8. The minimum Gasteiger partial charge on any atom is -0.468 e. The zero-order valence-electron chi connectivity index (χ0n) is 13.5. The lowest BCUT2D eigenvalue weighted by molar-refractivity contribution is -0.117. The van der Waals surface area contributed by atoms with Crippen LogP contribution in [0.15, 0.2) is 40.3 Å². The number of carbonyl (C=O) groups excluding carboxylic acids is 1. The fourth-order valence-electron chi connectivity index (χ4n) is 2.83. The first-order valence-corrected chi connectivity index (χ1v) is 9.02. The van der Waals surface area contributed by atoms with E-state index in [1.165, 1.54) is 11.3 Å². The summed E-state index contributed by atoms with van der Waals surface area (Å²) in [5.41, 5.74) is 0.879. The van der Waals surface area contributed by atoms with Gasteiger partial charge in [0.15, 0.2) is 0 Å². The molecule has 2 N–H and O–H groups in total. The van der Waals surface area contributed by atoms with E-state index >= 15 is 0 Å². The van der Waals surface area contributed by atoms with Crippen LogP contribution in [-0.4, -0.2) is 35.0 Å². The second-order valence-corrected chi connectivity index (χ2v) is 6.93. The van der Waals surface area contributed by atoms with E-state index in [-0.39, 0.29) is 18.6 Å². The van der Waals surface area contributed by atoms with Crippen molar-refractivity contribution in [2.24, 2.45) is 0 Å². The fourth-order valence-corrected chi connectivity index (χ4v) is 3.63. The number of aliphatic hydroxyl groups is 1. The van der Waals surface area contributed by atoms with Gasteiger partial charge >= 0.3 is 0 Å². The number of nitrogens with zero attached hydrogens (tertiary/aromatic N) is 1. The van der Waals surface area contributed by atoms with Crippen molar-refractivity contribution >= 4 is 23.3 Å². The maximum Gasteiger partial charge on any atom is 0.244 e.